The van der Waals surface area contributed by atoms with Crippen LogP contribution in [0.4, 0.5) is 5.95 Å². The fourth-order valence-electron chi connectivity index (χ4n) is 3.14. The van der Waals surface area contributed by atoms with Gasteiger partial charge >= 0.3 is 0 Å². The van der Waals surface area contributed by atoms with Crippen LogP contribution in [0, 0.1) is 0 Å². The number of nitrogens with zero attached hydrogens (tertiary/aromatic N) is 4. The second kappa shape index (κ2) is 7.36. The van der Waals surface area contributed by atoms with Crippen molar-refractivity contribution >= 4 is 26.9 Å². The first kappa shape index (κ1) is 19.7. The molecule has 2 N–H and O–H groups in total. The van der Waals surface area contributed by atoms with E-state index in [-0.39, 0.29) is 16.4 Å². The van der Waals surface area contributed by atoms with Crippen molar-refractivity contribution in [1.29, 1.82) is 0 Å². The largest absolute Gasteiger partial charge is 0.369 e. The van der Waals surface area contributed by atoms with Gasteiger partial charge in [0.25, 0.3) is 5.56 Å². The predicted octanol–water partition coefficient (Wildman–Crippen LogP) is 2.28. The van der Waals surface area contributed by atoms with Gasteiger partial charge in [0, 0.05) is 32.1 Å². The number of fused-ring (bicyclic) bond motifs is 1. The molecule has 0 saturated carbocycles. The third kappa shape index (κ3) is 3.34. The maximum atomic E-state index is 13.2. The van der Waals surface area contributed by atoms with Crippen LogP contribution in [0.25, 0.3) is 27.7 Å². The van der Waals surface area contributed by atoms with Crippen LogP contribution in [0.5, 0.6) is 0 Å². The molecule has 0 aliphatic rings. The molecule has 0 fully saturated rings. The van der Waals surface area contributed by atoms with Gasteiger partial charge in [0.1, 0.15) is 4.90 Å². The number of rotatable bonds is 4. The highest BCUT2D eigenvalue weighted by Gasteiger charge is 2.19. The molecular formula is C21H19N5O3S. The molecule has 0 bridgehead atoms. The summed E-state index contributed by atoms with van der Waals surface area (Å²) in [5.74, 6) is 0.0900. The monoisotopic (exact) mass is 421 g/mol. The van der Waals surface area contributed by atoms with Crippen LogP contribution in [0.2, 0.25) is 0 Å². The fraction of sp³-hybridized carbons (Fsp3) is 0.0952. The second-order valence-electron chi connectivity index (χ2n) is 6.87. The first-order valence-electron chi connectivity index (χ1n) is 9.05. The van der Waals surface area contributed by atoms with E-state index < -0.39 is 10.0 Å². The molecule has 9 heteroatoms. The summed E-state index contributed by atoms with van der Waals surface area (Å²) >= 11 is 0. The summed E-state index contributed by atoms with van der Waals surface area (Å²) in [5.41, 5.74) is 8.01. The van der Waals surface area contributed by atoms with Gasteiger partial charge in [-0.3, -0.25) is 9.78 Å². The lowest BCUT2D eigenvalue weighted by Crippen LogP contribution is -2.23. The zero-order valence-corrected chi connectivity index (χ0v) is 17.2. The van der Waals surface area contributed by atoms with Gasteiger partial charge in [0.05, 0.1) is 16.6 Å². The number of nitrogen functional groups attached to an aromatic ring is 1. The van der Waals surface area contributed by atoms with Gasteiger partial charge in [0.15, 0.2) is 0 Å². The molecule has 8 nitrogen and oxygen atoms in total. The third-order valence-electron chi connectivity index (χ3n) is 4.73. The van der Waals surface area contributed by atoms with Crippen molar-refractivity contribution in [2.75, 3.05) is 19.8 Å². The Bertz CT molecular complexity index is 1410. The number of pyridine rings is 1. The summed E-state index contributed by atoms with van der Waals surface area (Å²) in [6.07, 6.45) is 2.85. The average Bonchev–Trinajstić information content (AvgIpc) is 2.74. The lowest BCUT2D eigenvalue weighted by Gasteiger charge is -2.13. The van der Waals surface area contributed by atoms with Gasteiger partial charge in [-0.25, -0.2) is 22.3 Å². The molecule has 2 aromatic heterocycles. The van der Waals surface area contributed by atoms with Crippen molar-refractivity contribution in [1.82, 2.24) is 18.8 Å². The first-order valence-corrected chi connectivity index (χ1v) is 10.5. The molecule has 152 valence electrons. The molecule has 4 rings (SSSR count). The molecule has 0 amide bonds. The molecule has 0 radical (unpaired) electrons. The normalized spacial score (nSPS) is 11.8. The summed E-state index contributed by atoms with van der Waals surface area (Å²) in [5, 5.41) is 0.367. The van der Waals surface area contributed by atoms with Crippen molar-refractivity contribution in [3.05, 3.63) is 77.3 Å². The molecule has 2 aromatic carbocycles. The average molecular weight is 421 g/mol. The van der Waals surface area contributed by atoms with Gasteiger partial charge in [-0.15, -0.1) is 0 Å². The molecule has 2 heterocycles. The topological polar surface area (TPSA) is 111 Å². The summed E-state index contributed by atoms with van der Waals surface area (Å²) in [7, 11) is -0.713. The standard InChI is InChI=1S/C21H19N5O3S/c1-25(2)30(28,29)17-10-15(12-23-13-17)14-8-9-19-18(11-14)20(27)26(21(22)24-19)16-6-4-3-5-7-16/h3-13H,1-2H3,(H2,22,24). The number of nitrogens with two attached hydrogens (primary N) is 1. The number of benzene rings is 2. The van der Waals surface area contributed by atoms with Gasteiger partial charge < -0.3 is 5.73 Å². The lowest BCUT2D eigenvalue weighted by molar-refractivity contribution is 0.520. The molecule has 0 aliphatic heterocycles. The molecular weight excluding hydrogens is 402 g/mol. The van der Waals surface area contributed by atoms with Gasteiger partial charge in [-0.2, -0.15) is 0 Å². The Morgan fingerprint density at radius 1 is 0.967 bits per heavy atom. The number of sulfonamides is 1. The summed E-state index contributed by atoms with van der Waals surface area (Å²) in [6, 6.07) is 15.7. The minimum absolute atomic E-state index is 0.0715. The lowest BCUT2D eigenvalue weighted by atomic mass is 10.1. The van der Waals surface area contributed by atoms with E-state index in [1.165, 1.54) is 30.9 Å². The number of para-hydroxylation sites is 1. The number of hydrogen-bond acceptors (Lipinski definition) is 6. The molecule has 0 atom stereocenters. The molecule has 0 aliphatic carbocycles. The van der Waals surface area contributed by atoms with E-state index >= 15 is 0 Å². The minimum atomic E-state index is -3.63. The van der Waals surface area contributed by atoms with E-state index in [1.807, 2.05) is 18.2 Å². The van der Waals surface area contributed by atoms with E-state index in [9.17, 15) is 13.2 Å². The van der Waals surface area contributed by atoms with Gasteiger partial charge in [-0.1, -0.05) is 24.3 Å². The SMILES string of the molecule is CN(C)S(=O)(=O)c1cncc(-c2ccc3nc(N)n(-c4ccccc4)c(=O)c3c2)c1. The minimum Gasteiger partial charge on any atom is -0.369 e. The van der Waals surface area contributed by atoms with Crippen LogP contribution in [-0.2, 0) is 10.0 Å². The summed E-state index contributed by atoms with van der Waals surface area (Å²) in [4.78, 5) is 21.7. The van der Waals surface area contributed by atoms with Crippen LogP contribution < -0.4 is 11.3 Å². The van der Waals surface area contributed by atoms with Crippen molar-refractivity contribution in [3.63, 3.8) is 0 Å². The van der Waals surface area contributed by atoms with Crippen molar-refractivity contribution in [2.24, 2.45) is 0 Å². The van der Waals surface area contributed by atoms with E-state index in [0.717, 1.165) is 4.31 Å². The quantitative estimate of drug-likeness (QED) is 0.541. The number of aromatic nitrogens is 3. The fourth-order valence-corrected chi connectivity index (χ4v) is 4.03. The second-order valence-corrected chi connectivity index (χ2v) is 9.03. The Kier molecular flexibility index (Phi) is 4.84. The van der Waals surface area contributed by atoms with E-state index in [0.29, 0.717) is 27.7 Å². The van der Waals surface area contributed by atoms with Crippen LogP contribution in [0.1, 0.15) is 0 Å². The Labute approximate surface area is 173 Å². The molecule has 0 saturated heterocycles. The van der Waals surface area contributed by atoms with Crippen LogP contribution >= 0.6 is 0 Å². The van der Waals surface area contributed by atoms with Crippen LogP contribution in [-0.4, -0.2) is 41.4 Å². The van der Waals surface area contributed by atoms with Gasteiger partial charge in [-0.05, 0) is 35.9 Å². The molecule has 30 heavy (non-hydrogen) atoms. The molecule has 4 aromatic rings. The summed E-state index contributed by atoms with van der Waals surface area (Å²) < 4.78 is 27.3. The van der Waals surface area contributed by atoms with Crippen molar-refractivity contribution in [2.45, 2.75) is 4.90 Å². The highest BCUT2D eigenvalue weighted by Crippen LogP contribution is 2.25. The van der Waals surface area contributed by atoms with E-state index in [1.54, 1.807) is 36.5 Å². The smallest absolute Gasteiger partial charge is 0.267 e. The van der Waals surface area contributed by atoms with Crippen molar-refractivity contribution in [3.8, 4) is 16.8 Å². The Morgan fingerprint density at radius 2 is 1.70 bits per heavy atom. The zero-order valence-electron chi connectivity index (χ0n) is 16.4. The maximum absolute atomic E-state index is 13.2. The number of hydrogen-bond donors (Lipinski definition) is 1. The predicted molar refractivity (Wildman–Crippen MR) is 116 cm³/mol. The number of anilines is 1. The third-order valence-corrected chi connectivity index (χ3v) is 6.51. The maximum Gasteiger partial charge on any atom is 0.267 e. The van der Waals surface area contributed by atoms with Crippen LogP contribution in [0.3, 0.4) is 0 Å². The van der Waals surface area contributed by atoms with Crippen LogP contribution in [0.15, 0.2) is 76.7 Å². The first-order chi connectivity index (χ1) is 14.3. The molecule has 0 unspecified atom stereocenters. The summed E-state index contributed by atoms with van der Waals surface area (Å²) in [6.45, 7) is 0. The highest BCUT2D eigenvalue weighted by molar-refractivity contribution is 7.89. The molecule has 0 spiro atoms. The van der Waals surface area contributed by atoms with Gasteiger partial charge in [0.2, 0.25) is 16.0 Å². The Morgan fingerprint density at radius 3 is 2.40 bits per heavy atom. The van der Waals surface area contributed by atoms with E-state index in [2.05, 4.69) is 9.97 Å². The highest BCUT2D eigenvalue weighted by atomic mass is 32.2. The Hall–Kier alpha value is -3.56. The zero-order chi connectivity index (χ0) is 21.5. The van der Waals surface area contributed by atoms with E-state index in [4.69, 9.17) is 5.73 Å². The van der Waals surface area contributed by atoms with Crippen molar-refractivity contribution < 1.29 is 8.42 Å². The Balaban J connectivity index is 1.90.